The van der Waals surface area contributed by atoms with Crippen LogP contribution in [0.5, 0.6) is 0 Å². The number of aryl methyl sites for hydroxylation is 1. The molecule has 1 aliphatic rings. The van der Waals surface area contributed by atoms with Crippen LogP contribution < -0.4 is 0 Å². The number of nitrogens with zero attached hydrogens (tertiary/aromatic N) is 2. The number of rotatable bonds is 4. The normalized spacial score (nSPS) is 14.2. The van der Waals surface area contributed by atoms with E-state index in [1.54, 1.807) is 11.8 Å². The SMILES string of the molecule is CCCc1ccc(CSC2=NCC=N2)cc1. The Morgan fingerprint density at radius 3 is 2.56 bits per heavy atom. The third kappa shape index (κ3) is 3.20. The van der Waals surface area contributed by atoms with Crippen LogP contribution in [0.3, 0.4) is 0 Å². The second-order valence-corrected chi connectivity index (χ2v) is 4.73. The predicted octanol–water partition coefficient (Wildman–Crippen LogP) is 3.31. The highest BCUT2D eigenvalue weighted by atomic mass is 32.2. The summed E-state index contributed by atoms with van der Waals surface area (Å²) in [5, 5.41) is 0.914. The maximum absolute atomic E-state index is 4.26. The van der Waals surface area contributed by atoms with Crippen molar-refractivity contribution in [3.63, 3.8) is 0 Å². The Labute approximate surface area is 101 Å². The van der Waals surface area contributed by atoms with Crippen LogP contribution in [0.25, 0.3) is 0 Å². The lowest BCUT2D eigenvalue weighted by molar-refractivity contribution is 0.921. The lowest BCUT2D eigenvalue weighted by Gasteiger charge is -2.02. The fourth-order valence-corrected chi connectivity index (χ4v) is 2.40. The number of hydrogen-bond donors (Lipinski definition) is 0. The van der Waals surface area contributed by atoms with Gasteiger partial charge in [-0.2, -0.15) is 0 Å². The molecule has 0 saturated carbocycles. The Morgan fingerprint density at radius 2 is 1.94 bits per heavy atom. The smallest absolute Gasteiger partial charge is 0.183 e. The first-order valence-electron chi connectivity index (χ1n) is 5.66. The Kier molecular flexibility index (Phi) is 4.17. The van der Waals surface area contributed by atoms with Gasteiger partial charge in [-0.3, -0.25) is 4.99 Å². The molecule has 3 heteroatoms. The summed E-state index contributed by atoms with van der Waals surface area (Å²) in [6, 6.07) is 8.85. The van der Waals surface area contributed by atoms with Crippen LogP contribution in [0, 0.1) is 0 Å². The van der Waals surface area contributed by atoms with Crippen molar-refractivity contribution in [2.45, 2.75) is 25.5 Å². The Balaban J connectivity index is 1.87. The number of benzene rings is 1. The van der Waals surface area contributed by atoms with Crippen LogP contribution in [0.2, 0.25) is 0 Å². The van der Waals surface area contributed by atoms with E-state index >= 15 is 0 Å². The van der Waals surface area contributed by atoms with Crippen molar-refractivity contribution in [1.29, 1.82) is 0 Å². The third-order valence-electron chi connectivity index (χ3n) is 2.44. The van der Waals surface area contributed by atoms with E-state index in [-0.39, 0.29) is 0 Å². The van der Waals surface area contributed by atoms with Crippen LogP contribution in [0.1, 0.15) is 24.5 Å². The zero-order chi connectivity index (χ0) is 11.2. The standard InChI is InChI=1S/C13H16N2S/c1-2-3-11-4-6-12(7-5-11)10-16-13-14-8-9-15-13/h4-8H,2-3,9-10H2,1H3. The minimum atomic E-state index is 0.748. The second-order valence-electron chi connectivity index (χ2n) is 3.79. The van der Waals surface area contributed by atoms with Gasteiger partial charge in [0.25, 0.3) is 0 Å². The van der Waals surface area contributed by atoms with Gasteiger partial charge in [-0.25, -0.2) is 4.99 Å². The molecule has 0 unspecified atom stereocenters. The molecule has 1 aliphatic heterocycles. The summed E-state index contributed by atoms with van der Waals surface area (Å²) in [4.78, 5) is 8.44. The first kappa shape index (κ1) is 11.4. The minimum absolute atomic E-state index is 0.748. The summed E-state index contributed by atoms with van der Waals surface area (Å²) >= 11 is 1.71. The van der Waals surface area contributed by atoms with Gasteiger partial charge in [0.05, 0.1) is 6.54 Å². The van der Waals surface area contributed by atoms with Gasteiger partial charge >= 0.3 is 0 Å². The van der Waals surface area contributed by atoms with Gasteiger partial charge in [-0.05, 0) is 17.5 Å². The van der Waals surface area contributed by atoms with Gasteiger partial charge in [-0.15, -0.1) is 0 Å². The van der Waals surface area contributed by atoms with Gasteiger partial charge in [0.2, 0.25) is 0 Å². The van der Waals surface area contributed by atoms with Crippen LogP contribution >= 0.6 is 11.8 Å². The Morgan fingerprint density at radius 1 is 1.19 bits per heavy atom. The summed E-state index contributed by atoms with van der Waals surface area (Å²) in [5.74, 6) is 0.961. The van der Waals surface area contributed by atoms with Crippen molar-refractivity contribution >= 4 is 23.1 Å². The van der Waals surface area contributed by atoms with Crippen molar-refractivity contribution in [3.8, 4) is 0 Å². The largest absolute Gasteiger partial charge is 0.255 e. The van der Waals surface area contributed by atoms with Gasteiger partial charge in [0.1, 0.15) is 0 Å². The maximum atomic E-state index is 4.26. The molecule has 0 amide bonds. The van der Waals surface area contributed by atoms with Crippen molar-refractivity contribution in [2.24, 2.45) is 9.98 Å². The van der Waals surface area contributed by atoms with Crippen LogP contribution in [0.15, 0.2) is 34.3 Å². The highest BCUT2D eigenvalue weighted by Crippen LogP contribution is 2.17. The number of aliphatic imine (C=N–C) groups is 2. The monoisotopic (exact) mass is 232 g/mol. The average molecular weight is 232 g/mol. The molecule has 0 aliphatic carbocycles. The van der Waals surface area contributed by atoms with Crippen LogP contribution in [-0.2, 0) is 12.2 Å². The van der Waals surface area contributed by atoms with Crippen molar-refractivity contribution in [1.82, 2.24) is 0 Å². The molecular weight excluding hydrogens is 216 g/mol. The fourth-order valence-electron chi connectivity index (χ4n) is 1.60. The molecule has 0 atom stereocenters. The van der Waals surface area contributed by atoms with Gasteiger partial charge in [0, 0.05) is 12.0 Å². The zero-order valence-corrected chi connectivity index (χ0v) is 10.3. The molecule has 0 radical (unpaired) electrons. The first-order valence-corrected chi connectivity index (χ1v) is 6.64. The fraction of sp³-hybridized carbons (Fsp3) is 0.385. The van der Waals surface area contributed by atoms with Crippen LogP contribution in [-0.4, -0.2) is 17.9 Å². The molecule has 0 fully saturated rings. The topological polar surface area (TPSA) is 24.7 Å². The van der Waals surface area contributed by atoms with E-state index in [1.807, 2.05) is 6.21 Å². The summed E-state index contributed by atoms with van der Waals surface area (Å²) in [7, 11) is 0. The lowest BCUT2D eigenvalue weighted by Crippen LogP contribution is -1.88. The summed E-state index contributed by atoms with van der Waals surface area (Å²) in [5.41, 5.74) is 2.77. The summed E-state index contributed by atoms with van der Waals surface area (Å²) in [6.45, 7) is 2.96. The zero-order valence-electron chi connectivity index (χ0n) is 9.52. The van der Waals surface area contributed by atoms with Crippen LogP contribution in [0.4, 0.5) is 0 Å². The molecule has 1 aromatic carbocycles. The van der Waals surface area contributed by atoms with E-state index in [2.05, 4.69) is 41.2 Å². The number of thioether (sulfide) groups is 1. The molecule has 0 aromatic heterocycles. The predicted molar refractivity (Wildman–Crippen MR) is 72.5 cm³/mol. The van der Waals surface area contributed by atoms with E-state index in [0.717, 1.165) is 17.5 Å². The maximum Gasteiger partial charge on any atom is 0.183 e. The van der Waals surface area contributed by atoms with E-state index in [9.17, 15) is 0 Å². The van der Waals surface area contributed by atoms with Gasteiger partial charge in [0.15, 0.2) is 5.17 Å². The highest BCUT2D eigenvalue weighted by molar-refractivity contribution is 8.13. The molecule has 2 nitrogen and oxygen atoms in total. The molecule has 1 heterocycles. The minimum Gasteiger partial charge on any atom is -0.255 e. The quantitative estimate of drug-likeness (QED) is 0.781. The van der Waals surface area contributed by atoms with E-state index < -0.39 is 0 Å². The highest BCUT2D eigenvalue weighted by Gasteiger charge is 2.02. The molecule has 0 saturated heterocycles. The number of amidine groups is 1. The molecule has 1 aromatic rings. The first-order chi connectivity index (χ1) is 7.88. The lowest BCUT2D eigenvalue weighted by atomic mass is 10.1. The molecular formula is C13H16N2S. The van der Waals surface area contributed by atoms with E-state index in [1.165, 1.54) is 24.0 Å². The van der Waals surface area contributed by atoms with Crippen molar-refractivity contribution < 1.29 is 0 Å². The average Bonchev–Trinajstić information content (AvgIpc) is 2.82. The van der Waals surface area contributed by atoms with Crippen molar-refractivity contribution in [3.05, 3.63) is 35.4 Å². The Bertz CT molecular complexity index is 393. The molecule has 2 rings (SSSR count). The molecule has 16 heavy (non-hydrogen) atoms. The molecule has 84 valence electrons. The van der Waals surface area contributed by atoms with E-state index in [4.69, 9.17) is 0 Å². The number of hydrogen-bond acceptors (Lipinski definition) is 3. The third-order valence-corrected chi connectivity index (χ3v) is 3.41. The van der Waals surface area contributed by atoms with Gasteiger partial charge in [-0.1, -0.05) is 49.4 Å². The Hall–Kier alpha value is -1.09. The molecule has 0 N–H and O–H groups in total. The summed E-state index contributed by atoms with van der Waals surface area (Å²) < 4.78 is 0. The van der Waals surface area contributed by atoms with E-state index in [0.29, 0.717) is 0 Å². The second kappa shape index (κ2) is 5.85. The van der Waals surface area contributed by atoms with Gasteiger partial charge < -0.3 is 0 Å². The molecule has 0 bridgehead atoms. The molecule has 0 spiro atoms. The van der Waals surface area contributed by atoms with Crippen molar-refractivity contribution in [2.75, 3.05) is 6.54 Å². The summed E-state index contributed by atoms with van der Waals surface area (Å²) in [6.07, 6.45) is 4.23.